The molecule has 0 spiro atoms. The molecule has 6 nitrogen and oxygen atoms in total. The van der Waals surface area contributed by atoms with Gasteiger partial charge in [0, 0.05) is 63.9 Å². The Morgan fingerprint density at radius 3 is 2.39 bits per heavy atom. The second-order valence-corrected chi connectivity index (χ2v) is 8.75. The van der Waals surface area contributed by atoms with Gasteiger partial charge < -0.3 is 25.2 Å². The van der Waals surface area contributed by atoms with Crippen molar-refractivity contribution in [3.05, 3.63) is 0 Å². The monoisotopic (exact) mass is 395 g/mol. The van der Waals surface area contributed by atoms with Crippen molar-refractivity contribution in [1.82, 2.24) is 20.4 Å². The number of ether oxygens (including phenoxy) is 1. The van der Waals surface area contributed by atoms with E-state index in [4.69, 9.17) is 9.73 Å². The van der Waals surface area contributed by atoms with Crippen LogP contribution in [0.1, 0.15) is 53.9 Å². The van der Waals surface area contributed by atoms with Gasteiger partial charge in [0.2, 0.25) is 0 Å². The molecule has 2 aliphatic rings. The third-order valence-electron chi connectivity index (χ3n) is 6.85. The van der Waals surface area contributed by atoms with E-state index in [0.717, 1.165) is 51.5 Å². The molecule has 3 unspecified atom stereocenters. The van der Waals surface area contributed by atoms with Gasteiger partial charge in [0.15, 0.2) is 5.96 Å². The van der Waals surface area contributed by atoms with Crippen molar-refractivity contribution in [2.45, 2.75) is 66.0 Å². The normalized spacial score (nSPS) is 27.3. The number of nitrogens with zero attached hydrogens (tertiary/aromatic N) is 3. The lowest BCUT2D eigenvalue weighted by molar-refractivity contribution is -0.133. The zero-order chi connectivity index (χ0) is 20.6. The van der Waals surface area contributed by atoms with Gasteiger partial charge in [-0.05, 0) is 46.1 Å². The van der Waals surface area contributed by atoms with E-state index >= 15 is 0 Å². The van der Waals surface area contributed by atoms with E-state index in [2.05, 4.69) is 62.1 Å². The van der Waals surface area contributed by atoms with Gasteiger partial charge in [-0.25, -0.2) is 0 Å². The molecule has 1 heterocycles. The third-order valence-corrected chi connectivity index (χ3v) is 6.85. The fourth-order valence-electron chi connectivity index (χ4n) is 4.84. The molecule has 0 amide bonds. The van der Waals surface area contributed by atoms with E-state index < -0.39 is 0 Å². The zero-order valence-corrected chi connectivity index (χ0v) is 19.3. The van der Waals surface area contributed by atoms with Crippen molar-refractivity contribution in [2.75, 3.05) is 59.5 Å². The SMILES string of the molecule is CCNC(=NCC(C)CN1CCN(C)CC1)NC1CC(OCC)C1(CC)CC. The smallest absolute Gasteiger partial charge is 0.191 e. The van der Waals surface area contributed by atoms with Crippen molar-refractivity contribution >= 4 is 5.96 Å². The van der Waals surface area contributed by atoms with Gasteiger partial charge in [0.1, 0.15) is 0 Å². The third kappa shape index (κ3) is 5.83. The van der Waals surface area contributed by atoms with Gasteiger partial charge in [-0.2, -0.15) is 0 Å². The Bertz CT molecular complexity index is 472. The standard InChI is InChI=1S/C22H45N5O/c1-7-22(8-2)19(15-20(22)28-10-4)25-21(23-9-3)24-16-18(5)17-27-13-11-26(6)12-14-27/h18-20H,7-17H2,1-6H3,(H2,23,24,25). The molecule has 0 aromatic rings. The minimum absolute atomic E-state index is 0.234. The topological polar surface area (TPSA) is 52.1 Å². The Morgan fingerprint density at radius 1 is 1.14 bits per heavy atom. The summed E-state index contributed by atoms with van der Waals surface area (Å²) < 4.78 is 6.03. The first-order valence-corrected chi connectivity index (χ1v) is 11.6. The van der Waals surface area contributed by atoms with Gasteiger partial charge >= 0.3 is 0 Å². The van der Waals surface area contributed by atoms with E-state index in [0.29, 0.717) is 18.1 Å². The number of nitrogens with one attached hydrogen (secondary N) is 2. The first-order valence-electron chi connectivity index (χ1n) is 11.6. The first kappa shape index (κ1) is 23.4. The van der Waals surface area contributed by atoms with Gasteiger partial charge in [-0.3, -0.25) is 4.99 Å². The van der Waals surface area contributed by atoms with Crippen molar-refractivity contribution < 1.29 is 4.74 Å². The van der Waals surface area contributed by atoms with E-state index in [-0.39, 0.29) is 5.41 Å². The van der Waals surface area contributed by atoms with Crippen LogP contribution < -0.4 is 10.6 Å². The van der Waals surface area contributed by atoms with E-state index in [1.165, 1.54) is 26.2 Å². The molecule has 0 radical (unpaired) electrons. The van der Waals surface area contributed by atoms with E-state index in [1.807, 2.05) is 0 Å². The lowest BCUT2D eigenvalue weighted by Gasteiger charge is -2.55. The van der Waals surface area contributed by atoms with E-state index in [9.17, 15) is 0 Å². The van der Waals surface area contributed by atoms with Crippen LogP contribution >= 0.6 is 0 Å². The number of piperazine rings is 1. The Kier molecular flexibility index (Phi) is 9.51. The van der Waals surface area contributed by atoms with Crippen LogP contribution in [0.4, 0.5) is 0 Å². The molecular formula is C22H45N5O. The van der Waals surface area contributed by atoms with Crippen LogP contribution in [-0.4, -0.2) is 87.4 Å². The summed E-state index contributed by atoms with van der Waals surface area (Å²) in [5.74, 6) is 1.54. The molecular weight excluding hydrogens is 350 g/mol. The molecule has 2 N–H and O–H groups in total. The number of rotatable bonds is 10. The van der Waals surface area contributed by atoms with Crippen LogP contribution in [0.25, 0.3) is 0 Å². The summed E-state index contributed by atoms with van der Waals surface area (Å²) in [4.78, 5) is 9.93. The second-order valence-electron chi connectivity index (χ2n) is 8.75. The highest BCUT2D eigenvalue weighted by atomic mass is 16.5. The van der Waals surface area contributed by atoms with Crippen LogP contribution in [0.3, 0.4) is 0 Å². The van der Waals surface area contributed by atoms with Gasteiger partial charge in [-0.15, -0.1) is 0 Å². The molecule has 164 valence electrons. The lowest BCUT2D eigenvalue weighted by Crippen LogP contribution is -2.65. The molecule has 0 bridgehead atoms. The van der Waals surface area contributed by atoms with Crippen LogP contribution in [0.2, 0.25) is 0 Å². The zero-order valence-electron chi connectivity index (χ0n) is 19.3. The molecule has 1 aliphatic heterocycles. The molecule has 1 saturated heterocycles. The summed E-state index contributed by atoms with van der Waals surface area (Å²) in [5, 5.41) is 7.20. The predicted molar refractivity (Wildman–Crippen MR) is 119 cm³/mol. The molecule has 6 heteroatoms. The van der Waals surface area contributed by atoms with Crippen LogP contribution in [-0.2, 0) is 4.74 Å². The maximum absolute atomic E-state index is 6.03. The minimum atomic E-state index is 0.234. The fourth-order valence-corrected chi connectivity index (χ4v) is 4.84. The van der Waals surface area contributed by atoms with Gasteiger partial charge in [0.05, 0.1) is 6.10 Å². The number of aliphatic imine (C=N–C) groups is 1. The summed E-state index contributed by atoms with van der Waals surface area (Å²) in [5.41, 5.74) is 0.234. The van der Waals surface area contributed by atoms with E-state index in [1.54, 1.807) is 0 Å². The van der Waals surface area contributed by atoms with Crippen molar-refractivity contribution in [2.24, 2.45) is 16.3 Å². The minimum Gasteiger partial charge on any atom is -0.378 e. The van der Waals surface area contributed by atoms with Crippen molar-refractivity contribution in [3.63, 3.8) is 0 Å². The van der Waals surface area contributed by atoms with Gasteiger partial charge in [0.25, 0.3) is 0 Å². The fraction of sp³-hybridized carbons (Fsp3) is 0.955. The summed E-state index contributed by atoms with van der Waals surface area (Å²) >= 11 is 0. The Morgan fingerprint density at radius 2 is 1.82 bits per heavy atom. The maximum atomic E-state index is 6.03. The van der Waals surface area contributed by atoms with Crippen molar-refractivity contribution in [1.29, 1.82) is 0 Å². The maximum Gasteiger partial charge on any atom is 0.191 e. The van der Waals surface area contributed by atoms with Crippen LogP contribution in [0, 0.1) is 11.3 Å². The average Bonchev–Trinajstić information content (AvgIpc) is 2.68. The highest BCUT2D eigenvalue weighted by Crippen LogP contribution is 2.48. The summed E-state index contributed by atoms with van der Waals surface area (Å²) in [7, 11) is 2.21. The summed E-state index contributed by atoms with van der Waals surface area (Å²) in [6.45, 7) is 19.6. The average molecular weight is 396 g/mol. The molecule has 0 aromatic heterocycles. The lowest BCUT2D eigenvalue weighted by atomic mass is 9.58. The predicted octanol–water partition coefficient (Wildman–Crippen LogP) is 2.41. The molecule has 1 aliphatic carbocycles. The Labute approximate surface area is 173 Å². The highest BCUT2D eigenvalue weighted by molar-refractivity contribution is 5.80. The number of likely N-dealkylation sites (N-methyl/N-ethyl adjacent to an activating group) is 1. The summed E-state index contributed by atoms with van der Waals surface area (Å²) in [6.07, 6.45) is 3.75. The summed E-state index contributed by atoms with van der Waals surface area (Å²) in [6, 6.07) is 0.449. The number of hydrogen-bond acceptors (Lipinski definition) is 4. The van der Waals surface area contributed by atoms with Gasteiger partial charge in [-0.1, -0.05) is 20.8 Å². The molecule has 28 heavy (non-hydrogen) atoms. The Hall–Kier alpha value is -0.850. The molecule has 3 atom stereocenters. The quantitative estimate of drug-likeness (QED) is 0.439. The molecule has 1 saturated carbocycles. The Balaban J connectivity index is 1.89. The van der Waals surface area contributed by atoms with Crippen LogP contribution in [0.5, 0.6) is 0 Å². The second kappa shape index (κ2) is 11.4. The largest absolute Gasteiger partial charge is 0.378 e. The number of hydrogen-bond donors (Lipinski definition) is 2. The molecule has 2 fully saturated rings. The molecule has 0 aromatic carbocycles. The first-order chi connectivity index (χ1) is 13.5. The number of guanidine groups is 1. The van der Waals surface area contributed by atoms with Crippen molar-refractivity contribution in [3.8, 4) is 0 Å². The van der Waals surface area contributed by atoms with Crippen LogP contribution in [0.15, 0.2) is 4.99 Å². The highest BCUT2D eigenvalue weighted by Gasteiger charge is 2.53. The molecule has 2 rings (SSSR count).